The Labute approximate surface area is 139 Å². The average Bonchev–Trinajstić information content (AvgIpc) is 2.45. The van der Waals surface area contributed by atoms with E-state index < -0.39 is 23.6 Å². The molecule has 0 radical (unpaired) electrons. The highest BCUT2D eigenvalue weighted by molar-refractivity contribution is 5.65. The van der Waals surface area contributed by atoms with Crippen LogP contribution in [-0.4, -0.2) is 29.8 Å². The van der Waals surface area contributed by atoms with Gasteiger partial charge in [-0.1, -0.05) is 6.07 Å². The first-order valence-corrected chi connectivity index (χ1v) is 7.84. The van der Waals surface area contributed by atoms with Gasteiger partial charge in [-0.3, -0.25) is 0 Å². The van der Waals surface area contributed by atoms with Crippen LogP contribution in [0.1, 0.15) is 38.8 Å². The largest absolute Gasteiger partial charge is 0.444 e. The Bertz CT molecular complexity index is 582. The van der Waals surface area contributed by atoms with Gasteiger partial charge in [-0.15, -0.1) is 0 Å². The van der Waals surface area contributed by atoms with E-state index in [1.165, 1.54) is 6.07 Å². The van der Waals surface area contributed by atoms with E-state index in [1.807, 2.05) is 4.90 Å². The lowest BCUT2D eigenvalue weighted by atomic mass is 9.86. The third-order valence-electron chi connectivity index (χ3n) is 4.12. The first-order chi connectivity index (χ1) is 11.1. The molecule has 1 fully saturated rings. The summed E-state index contributed by atoms with van der Waals surface area (Å²) in [4.78, 5) is 16.5. The van der Waals surface area contributed by atoms with Gasteiger partial charge in [0.25, 0.3) is 0 Å². The highest BCUT2D eigenvalue weighted by Gasteiger charge is 2.33. The van der Waals surface area contributed by atoms with E-state index in [0.717, 1.165) is 18.9 Å². The topological polar surface area (TPSA) is 68.5 Å². The van der Waals surface area contributed by atoms with Crippen molar-refractivity contribution in [1.29, 1.82) is 0 Å². The molecule has 1 aliphatic rings. The number of ether oxygens (including phenoxy) is 1. The maximum absolute atomic E-state index is 12.8. The highest BCUT2D eigenvalue weighted by atomic mass is 19.4. The normalized spacial score (nSPS) is 17.0. The summed E-state index contributed by atoms with van der Waals surface area (Å²) in [7, 11) is 0. The molecule has 2 heterocycles. The summed E-state index contributed by atoms with van der Waals surface area (Å²) >= 11 is 0. The van der Waals surface area contributed by atoms with Gasteiger partial charge in [0, 0.05) is 13.1 Å². The van der Waals surface area contributed by atoms with Crippen LogP contribution in [0.25, 0.3) is 0 Å². The summed E-state index contributed by atoms with van der Waals surface area (Å²) in [6, 6.07) is 3.94. The predicted octanol–water partition coefficient (Wildman–Crippen LogP) is 3.58. The number of nitrogens with zero attached hydrogens (tertiary/aromatic N) is 2. The van der Waals surface area contributed by atoms with Gasteiger partial charge in [0.2, 0.25) is 0 Å². The molecule has 0 aromatic carbocycles. The van der Waals surface area contributed by atoms with Crippen molar-refractivity contribution < 1.29 is 22.7 Å². The number of nitrogens with two attached hydrogens (primary N) is 1. The van der Waals surface area contributed by atoms with Crippen molar-refractivity contribution >= 4 is 11.9 Å². The zero-order chi connectivity index (χ0) is 18.0. The lowest BCUT2D eigenvalue weighted by Crippen LogP contribution is -2.39. The van der Waals surface area contributed by atoms with Crippen LogP contribution in [0.2, 0.25) is 0 Å². The van der Waals surface area contributed by atoms with Gasteiger partial charge in [0.15, 0.2) is 0 Å². The number of halogens is 3. The van der Waals surface area contributed by atoms with Crippen molar-refractivity contribution in [2.24, 2.45) is 11.7 Å². The summed E-state index contributed by atoms with van der Waals surface area (Å²) in [5, 5.41) is 0. The monoisotopic (exact) mass is 345 g/mol. The van der Waals surface area contributed by atoms with Crippen molar-refractivity contribution in [3.63, 3.8) is 0 Å². The molecule has 0 saturated carbocycles. The smallest absolute Gasteiger partial charge is 0.433 e. The van der Waals surface area contributed by atoms with E-state index in [0.29, 0.717) is 31.2 Å². The highest BCUT2D eigenvalue weighted by Crippen LogP contribution is 2.32. The van der Waals surface area contributed by atoms with Crippen molar-refractivity contribution in [3.8, 4) is 0 Å². The summed E-state index contributed by atoms with van der Waals surface area (Å²) in [6.45, 7) is 4.84. The van der Waals surface area contributed by atoms with Gasteiger partial charge < -0.3 is 15.4 Å². The van der Waals surface area contributed by atoms with Crippen LogP contribution in [0.15, 0.2) is 18.2 Å². The van der Waals surface area contributed by atoms with Gasteiger partial charge in [0.05, 0.1) is 0 Å². The van der Waals surface area contributed by atoms with Crippen LogP contribution in [-0.2, 0) is 10.9 Å². The number of carbonyl (C=O) groups is 1. The Morgan fingerprint density at radius 3 is 2.50 bits per heavy atom. The zero-order valence-corrected chi connectivity index (χ0v) is 13.8. The predicted molar refractivity (Wildman–Crippen MR) is 83.5 cm³/mol. The molecule has 1 amide bonds. The molecule has 0 bridgehead atoms. The Hall–Kier alpha value is -1.99. The first kappa shape index (κ1) is 18.4. The minimum absolute atomic E-state index is 0.321. The molecular formula is C16H22F3N3O2. The third kappa shape index (κ3) is 5.01. The molecule has 0 atom stereocenters. The number of alkyl halides is 3. The average molecular weight is 345 g/mol. The second-order valence-corrected chi connectivity index (χ2v) is 6.69. The maximum Gasteiger partial charge on any atom is 0.433 e. The summed E-state index contributed by atoms with van der Waals surface area (Å²) in [5.41, 5.74) is 3.54. The van der Waals surface area contributed by atoms with Crippen LogP contribution >= 0.6 is 0 Å². The fourth-order valence-electron chi connectivity index (χ4n) is 3.13. The van der Waals surface area contributed by atoms with Crippen LogP contribution in [0.3, 0.4) is 0 Å². The first-order valence-electron chi connectivity index (χ1n) is 7.84. The Kier molecular flexibility index (Phi) is 5.25. The number of carbonyl (C=O) groups excluding carboxylic acids is 1. The molecule has 8 heteroatoms. The van der Waals surface area contributed by atoms with E-state index in [9.17, 15) is 18.0 Å². The fourth-order valence-corrected chi connectivity index (χ4v) is 3.13. The number of aromatic nitrogens is 1. The van der Waals surface area contributed by atoms with Crippen molar-refractivity contribution in [2.45, 2.75) is 44.9 Å². The van der Waals surface area contributed by atoms with Crippen LogP contribution in [0.5, 0.6) is 0 Å². The van der Waals surface area contributed by atoms with Gasteiger partial charge in [-0.2, -0.15) is 13.2 Å². The number of pyridine rings is 1. The number of piperidine rings is 1. The molecule has 2 rings (SSSR count). The van der Waals surface area contributed by atoms with E-state index in [2.05, 4.69) is 4.98 Å². The molecule has 0 unspecified atom stereocenters. The second-order valence-electron chi connectivity index (χ2n) is 6.69. The summed E-state index contributed by atoms with van der Waals surface area (Å²) in [6.07, 6.45) is -2.98. The fraction of sp³-hybridized carbons (Fsp3) is 0.625. The molecule has 1 aliphatic heterocycles. The summed E-state index contributed by atoms with van der Waals surface area (Å²) < 4.78 is 43.4. The number of hydrogen-bond donors (Lipinski definition) is 1. The summed E-state index contributed by atoms with van der Waals surface area (Å²) in [5.74, 6) is 0.664. The Morgan fingerprint density at radius 2 is 1.96 bits per heavy atom. The van der Waals surface area contributed by atoms with Crippen molar-refractivity contribution in [1.82, 2.24) is 4.98 Å². The molecule has 0 spiro atoms. The lowest BCUT2D eigenvalue weighted by Gasteiger charge is -2.36. The maximum atomic E-state index is 12.8. The zero-order valence-electron chi connectivity index (χ0n) is 13.8. The standard InChI is InChI=1S/C16H22F3N3O2/c1-15(2,24-14(20)23)10-11-6-8-22(9-7-11)13-5-3-4-12(21-13)16(17,18)19/h3-5,11H,6-10H2,1-2H3,(H2,20,23). The molecule has 2 N–H and O–H groups in total. The molecule has 0 aliphatic carbocycles. The third-order valence-corrected chi connectivity index (χ3v) is 4.12. The number of anilines is 1. The quantitative estimate of drug-likeness (QED) is 0.906. The second kappa shape index (κ2) is 6.86. The van der Waals surface area contributed by atoms with Crippen LogP contribution < -0.4 is 10.6 Å². The Morgan fingerprint density at radius 1 is 1.33 bits per heavy atom. The molecule has 134 valence electrons. The minimum Gasteiger partial charge on any atom is -0.444 e. The SMILES string of the molecule is CC(C)(CC1CCN(c2cccc(C(F)(F)F)n2)CC1)OC(N)=O. The number of rotatable bonds is 4. The van der Waals surface area contributed by atoms with E-state index in [1.54, 1.807) is 19.9 Å². The van der Waals surface area contributed by atoms with Gasteiger partial charge in [-0.05, 0) is 51.2 Å². The van der Waals surface area contributed by atoms with Gasteiger partial charge in [0.1, 0.15) is 17.1 Å². The van der Waals surface area contributed by atoms with Crippen LogP contribution in [0, 0.1) is 5.92 Å². The number of hydrogen-bond acceptors (Lipinski definition) is 4. The van der Waals surface area contributed by atoms with Gasteiger partial charge in [-0.25, -0.2) is 9.78 Å². The van der Waals surface area contributed by atoms with Crippen molar-refractivity contribution in [3.05, 3.63) is 23.9 Å². The number of amides is 1. The van der Waals surface area contributed by atoms with Gasteiger partial charge >= 0.3 is 12.3 Å². The van der Waals surface area contributed by atoms with E-state index >= 15 is 0 Å². The van der Waals surface area contributed by atoms with E-state index in [4.69, 9.17) is 10.5 Å². The van der Waals surface area contributed by atoms with Crippen LogP contribution in [0.4, 0.5) is 23.8 Å². The molecule has 24 heavy (non-hydrogen) atoms. The van der Waals surface area contributed by atoms with E-state index in [-0.39, 0.29) is 0 Å². The molecule has 1 aromatic heterocycles. The molecule has 1 aromatic rings. The van der Waals surface area contributed by atoms with Crippen molar-refractivity contribution in [2.75, 3.05) is 18.0 Å². The molecular weight excluding hydrogens is 323 g/mol. The molecule has 1 saturated heterocycles. The Balaban J connectivity index is 1.95. The number of primary amides is 1. The lowest BCUT2D eigenvalue weighted by molar-refractivity contribution is -0.141. The minimum atomic E-state index is -4.44. The molecule has 5 nitrogen and oxygen atoms in total.